The molecule has 4 heteroatoms. The van der Waals surface area contributed by atoms with Crippen LogP contribution in [-0.2, 0) is 6.54 Å². The topological polar surface area (TPSA) is 37.8 Å². The Morgan fingerprint density at radius 1 is 1.50 bits per heavy atom. The van der Waals surface area contributed by atoms with Gasteiger partial charge in [0.1, 0.15) is 0 Å². The molecular formula is C10H11ClN2O. The van der Waals surface area contributed by atoms with Gasteiger partial charge in [-0.05, 0) is 19.1 Å². The lowest BCUT2D eigenvalue weighted by molar-refractivity contribution is 0.681. The molecule has 0 amide bonds. The number of fused-ring (bicyclic) bond motifs is 1. The average Bonchev–Trinajstić information content (AvgIpc) is 2.43. The van der Waals surface area contributed by atoms with Gasteiger partial charge in [0.05, 0.1) is 11.0 Å². The van der Waals surface area contributed by atoms with Crippen LogP contribution in [0.25, 0.3) is 11.0 Å². The highest BCUT2D eigenvalue weighted by molar-refractivity contribution is 6.20. The Labute approximate surface area is 86.3 Å². The van der Waals surface area contributed by atoms with Crippen LogP contribution in [0.3, 0.4) is 0 Å². The van der Waals surface area contributed by atoms with Crippen LogP contribution < -0.4 is 5.69 Å². The van der Waals surface area contributed by atoms with Gasteiger partial charge in [-0.25, -0.2) is 4.79 Å². The first-order valence-electron chi connectivity index (χ1n) is 4.50. The van der Waals surface area contributed by atoms with Crippen LogP contribution in [0.4, 0.5) is 0 Å². The summed E-state index contributed by atoms with van der Waals surface area (Å²) in [5.74, 6) is 0. The van der Waals surface area contributed by atoms with Crippen LogP contribution in [-0.4, -0.2) is 14.9 Å². The van der Waals surface area contributed by atoms with Crippen LogP contribution in [0, 0.1) is 0 Å². The van der Waals surface area contributed by atoms with Gasteiger partial charge in [0, 0.05) is 11.9 Å². The van der Waals surface area contributed by atoms with Crippen molar-refractivity contribution in [1.82, 2.24) is 9.55 Å². The molecule has 3 nitrogen and oxygen atoms in total. The molecule has 0 saturated heterocycles. The molecule has 0 fully saturated rings. The zero-order chi connectivity index (χ0) is 10.1. The van der Waals surface area contributed by atoms with Gasteiger partial charge in [-0.3, -0.25) is 4.57 Å². The largest absolute Gasteiger partial charge is 0.326 e. The minimum Gasteiger partial charge on any atom is -0.306 e. The van der Waals surface area contributed by atoms with Crippen molar-refractivity contribution < 1.29 is 0 Å². The number of H-pyrrole nitrogens is 1. The second-order valence-electron chi connectivity index (χ2n) is 3.34. The van der Waals surface area contributed by atoms with Crippen molar-refractivity contribution in [2.24, 2.45) is 0 Å². The fourth-order valence-electron chi connectivity index (χ4n) is 1.54. The van der Waals surface area contributed by atoms with Gasteiger partial charge in [0.15, 0.2) is 0 Å². The predicted octanol–water partition coefficient (Wildman–Crippen LogP) is 1.96. The SMILES string of the molecule is CC(Cl)Cn1c(=O)[nH]c2ccccc21. The number of alkyl halides is 1. The van der Waals surface area contributed by atoms with Gasteiger partial charge in [0.2, 0.25) is 0 Å². The molecule has 0 bridgehead atoms. The summed E-state index contributed by atoms with van der Waals surface area (Å²) in [4.78, 5) is 14.3. The lowest BCUT2D eigenvalue weighted by atomic mass is 10.3. The van der Waals surface area contributed by atoms with Gasteiger partial charge in [-0.1, -0.05) is 12.1 Å². The Kier molecular flexibility index (Phi) is 2.33. The maximum Gasteiger partial charge on any atom is 0.326 e. The van der Waals surface area contributed by atoms with E-state index >= 15 is 0 Å². The van der Waals surface area contributed by atoms with E-state index in [1.54, 1.807) is 4.57 Å². The van der Waals surface area contributed by atoms with E-state index in [1.165, 1.54) is 0 Å². The van der Waals surface area contributed by atoms with Gasteiger partial charge in [0.25, 0.3) is 0 Å². The third-order valence-electron chi connectivity index (χ3n) is 2.12. The number of imidazole rings is 1. The first-order valence-corrected chi connectivity index (χ1v) is 4.94. The monoisotopic (exact) mass is 210 g/mol. The Hall–Kier alpha value is -1.22. The van der Waals surface area contributed by atoms with E-state index in [-0.39, 0.29) is 11.1 Å². The van der Waals surface area contributed by atoms with Crippen LogP contribution >= 0.6 is 11.6 Å². The summed E-state index contributed by atoms with van der Waals surface area (Å²) in [7, 11) is 0. The number of nitrogens with one attached hydrogen (secondary N) is 1. The molecule has 1 atom stereocenters. The molecule has 0 aliphatic heterocycles. The third kappa shape index (κ3) is 1.55. The van der Waals surface area contributed by atoms with Crippen molar-refractivity contribution in [1.29, 1.82) is 0 Å². The smallest absolute Gasteiger partial charge is 0.306 e. The van der Waals surface area contributed by atoms with Crippen molar-refractivity contribution in [2.45, 2.75) is 18.8 Å². The van der Waals surface area contributed by atoms with Crippen molar-refractivity contribution in [3.8, 4) is 0 Å². The molecule has 14 heavy (non-hydrogen) atoms. The van der Waals surface area contributed by atoms with Crippen molar-refractivity contribution in [3.05, 3.63) is 34.7 Å². The number of aromatic nitrogens is 2. The molecule has 0 saturated carbocycles. The van der Waals surface area contributed by atoms with E-state index in [4.69, 9.17) is 11.6 Å². The second-order valence-corrected chi connectivity index (χ2v) is 4.08. The summed E-state index contributed by atoms with van der Waals surface area (Å²) < 4.78 is 1.66. The van der Waals surface area contributed by atoms with E-state index < -0.39 is 0 Å². The second kappa shape index (κ2) is 3.50. The van der Waals surface area contributed by atoms with Gasteiger partial charge < -0.3 is 4.98 Å². The molecule has 0 radical (unpaired) electrons. The third-order valence-corrected chi connectivity index (χ3v) is 2.25. The summed E-state index contributed by atoms with van der Waals surface area (Å²) in [6.45, 7) is 2.40. The molecular weight excluding hydrogens is 200 g/mol. The van der Waals surface area contributed by atoms with Gasteiger partial charge in [-0.15, -0.1) is 11.6 Å². The highest BCUT2D eigenvalue weighted by atomic mass is 35.5. The Bertz CT molecular complexity index is 498. The number of para-hydroxylation sites is 2. The van der Waals surface area contributed by atoms with Crippen LogP contribution in [0.15, 0.2) is 29.1 Å². The summed E-state index contributed by atoms with van der Waals surface area (Å²) in [5, 5.41) is -0.0492. The van der Waals surface area contributed by atoms with Gasteiger partial charge >= 0.3 is 5.69 Å². The minimum absolute atomic E-state index is 0.0492. The van der Waals surface area contributed by atoms with Crippen LogP contribution in [0.5, 0.6) is 0 Å². The lowest BCUT2D eigenvalue weighted by Gasteiger charge is -2.03. The highest BCUT2D eigenvalue weighted by Crippen LogP contribution is 2.10. The van der Waals surface area contributed by atoms with E-state index in [0.29, 0.717) is 6.54 Å². The standard InChI is InChI=1S/C10H11ClN2O/c1-7(11)6-13-9-5-3-2-4-8(9)12-10(13)14/h2-5,7H,6H2,1H3,(H,12,14). The maximum atomic E-state index is 11.5. The normalized spacial score (nSPS) is 13.3. The number of benzene rings is 1. The first kappa shape index (κ1) is 9.34. The lowest BCUT2D eigenvalue weighted by Crippen LogP contribution is -2.20. The Morgan fingerprint density at radius 2 is 2.21 bits per heavy atom. The Morgan fingerprint density at radius 3 is 2.93 bits per heavy atom. The van der Waals surface area contributed by atoms with E-state index in [0.717, 1.165) is 11.0 Å². The van der Waals surface area contributed by atoms with Crippen molar-refractivity contribution in [3.63, 3.8) is 0 Å². The molecule has 1 heterocycles. The van der Waals surface area contributed by atoms with Crippen molar-refractivity contribution >= 4 is 22.6 Å². The zero-order valence-corrected chi connectivity index (χ0v) is 8.58. The molecule has 74 valence electrons. The van der Waals surface area contributed by atoms with Crippen LogP contribution in [0.1, 0.15) is 6.92 Å². The number of aromatic amines is 1. The molecule has 2 aromatic rings. The quantitative estimate of drug-likeness (QED) is 0.756. The number of halogens is 1. The summed E-state index contributed by atoms with van der Waals surface area (Å²) in [5.41, 5.74) is 1.67. The predicted molar refractivity (Wildman–Crippen MR) is 57.9 cm³/mol. The number of rotatable bonds is 2. The molecule has 1 unspecified atom stereocenters. The summed E-state index contributed by atoms with van der Waals surface area (Å²) >= 11 is 5.87. The molecule has 2 rings (SSSR count). The molecule has 0 aliphatic carbocycles. The fraction of sp³-hybridized carbons (Fsp3) is 0.300. The fourth-order valence-corrected chi connectivity index (χ4v) is 1.68. The first-order chi connectivity index (χ1) is 6.68. The average molecular weight is 211 g/mol. The minimum atomic E-state index is -0.0984. The van der Waals surface area contributed by atoms with E-state index in [1.807, 2.05) is 31.2 Å². The number of hydrogen-bond donors (Lipinski definition) is 1. The van der Waals surface area contributed by atoms with E-state index in [9.17, 15) is 4.79 Å². The highest BCUT2D eigenvalue weighted by Gasteiger charge is 2.07. The van der Waals surface area contributed by atoms with Crippen LogP contribution in [0.2, 0.25) is 0 Å². The zero-order valence-electron chi connectivity index (χ0n) is 7.83. The summed E-state index contributed by atoms with van der Waals surface area (Å²) in [6.07, 6.45) is 0. The molecule has 0 aliphatic rings. The molecule has 1 N–H and O–H groups in total. The molecule has 1 aromatic carbocycles. The molecule has 0 spiro atoms. The van der Waals surface area contributed by atoms with Crippen molar-refractivity contribution in [2.75, 3.05) is 0 Å². The molecule has 1 aromatic heterocycles. The maximum absolute atomic E-state index is 11.5. The van der Waals surface area contributed by atoms with Gasteiger partial charge in [-0.2, -0.15) is 0 Å². The Balaban J connectivity index is 2.62. The number of nitrogens with zero attached hydrogens (tertiary/aromatic N) is 1. The summed E-state index contributed by atoms with van der Waals surface area (Å²) in [6, 6.07) is 7.59. The number of hydrogen-bond acceptors (Lipinski definition) is 1. The van der Waals surface area contributed by atoms with E-state index in [2.05, 4.69) is 4.98 Å².